The third kappa shape index (κ3) is 4.64. The van der Waals surface area contributed by atoms with Gasteiger partial charge in [-0.25, -0.2) is 4.39 Å². The number of carbonyl (C=O) groups excluding carboxylic acids is 1. The van der Waals surface area contributed by atoms with E-state index in [-0.39, 0.29) is 16.9 Å². The molecular formula is C26H30FN3O. The Morgan fingerprint density at radius 3 is 2.52 bits per heavy atom. The molecule has 4 nitrogen and oxygen atoms in total. The lowest BCUT2D eigenvalue weighted by Gasteiger charge is -2.50. The van der Waals surface area contributed by atoms with E-state index in [0.717, 1.165) is 17.5 Å². The minimum atomic E-state index is -0.510. The van der Waals surface area contributed by atoms with E-state index in [4.69, 9.17) is 0 Å². The summed E-state index contributed by atoms with van der Waals surface area (Å²) in [5, 5.41) is 12.3. The molecule has 1 atom stereocenters. The summed E-state index contributed by atoms with van der Waals surface area (Å²) in [5.74, 6) is -0.526. The summed E-state index contributed by atoms with van der Waals surface area (Å²) in [6.45, 7) is 13.2. The minimum absolute atomic E-state index is 0.0110. The zero-order chi connectivity index (χ0) is 22.9. The molecular weight excluding hydrogens is 389 g/mol. The van der Waals surface area contributed by atoms with E-state index in [2.05, 4.69) is 57.0 Å². The Bertz CT molecular complexity index is 1060. The van der Waals surface area contributed by atoms with Gasteiger partial charge in [0.1, 0.15) is 17.5 Å². The molecule has 0 saturated heterocycles. The molecule has 0 fully saturated rings. The number of nitrogens with zero attached hydrogens (tertiary/aromatic N) is 2. The van der Waals surface area contributed by atoms with Crippen LogP contribution in [0, 0.1) is 24.1 Å². The van der Waals surface area contributed by atoms with Crippen LogP contribution in [0.3, 0.4) is 0 Å². The van der Waals surface area contributed by atoms with Crippen LogP contribution < -0.4 is 10.2 Å². The summed E-state index contributed by atoms with van der Waals surface area (Å²) in [6.07, 6.45) is 2.67. The minimum Gasteiger partial charge on any atom is -0.364 e. The van der Waals surface area contributed by atoms with Crippen molar-refractivity contribution in [2.45, 2.75) is 65.5 Å². The molecule has 1 N–H and O–H groups in total. The van der Waals surface area contributed by atoms with Crippen LogP contribution >= 0.6 is 0 Å². The molecule has 1 unspecified atom stereocenters. The van der Waals surface area contributed by atoms with Crippen LogP contribution in [0.2, 0.25) is 0 Å². The fraction of sp³-hybridized carbons (Fsp3) is 0.385. The lowest BCUT2D eigenvalue weighted by Crippen LogP contribution is -2.51. The topological polar surface area (TPSA) is 56.1 Å². The van der Waals surface area contributed by atoms with E-state index < -0.39 is 5.91 Å². The quantitative estimate of drug-likeness (QED) is 0.475. The van der Waals surface area contributed by atoms with Crippen LogP contribution in [0.15, 0.2) is 42.0 Å². The highest BCUT2D eigenvalue weighted by Crippen LogP contribution is 2.45. The summed E-state index contributed by atoms with van der Waals surface area (Å²) in [5.41, 5.74) is 4.84. The highest BCUT2D eigenvalue weighted by molar-refractivity contribution is 6.09. The number of anilines is 2. The number of aryl methyl sites for hydroxylation is 1. The zero-order valence-corrected chi connectivity index (χ0v) is 19.1. The van der Waals surface area contributed by atoms with Gasteiger partial charge in [0.25, 0.3) is 5.91 Å². The van der Waals surface area contributed by atoms with Crippen molar-refractivity contribution in [1.82, 2.24) is 0 Å². The van der Waals surface area contributed by atoms with Gasteiger partial charge in [0, 0.05) is 23.0 Å². The van der Waals surface area contributed by atoms with Gasteiger partial charge in [0.05, 0.1) is 0 Å². The standard InChI is InChI=1S/C26H30FN3O/c1-16(2)30-24-11-17(3)19(13-23(24)18(4)14-26(30,5)6)12-20(15-28)25(31)29-22-9-7-21(27)8-10-22/h7-13,16,18H,14H2,1-6H3,(H,29,31)/b20-12-. The van der Waals surface area contributed by atoms with Gasteiger partial charge in [-0.1, -0.05) is 6.92 Å². The van der Waals surface area contributed by atoms with Crippen LogP contribution in [0.25, 0.3) is 6.08 Å². The molecule has 3 rings (SSSR count). The molecule has 0 aromatic heterocycles. The average molecular weight is 420 g/mol. The van der Waals surface area contributed by atoms with Crippen LogP contribution in [0.4, 0.5) is 15.8 Å². The van der Waals surface area contributed by atoms with Crippen molar-refractivity contribution in [2.24, 2.45) is 0 Å². The number of nitriles is 1. The molecule has 0 radical (unpaired) electrons. The summed E-state index contributed by atoms with van der Waals surface area (Å²) in [7, 11) is 0. The van der Waals surface area contributed by atoms with Crippen LogP contribution in [-0.4, -0.2) is 17.5 Å². The number of halogens is 1. The van der Waals surface area contributed by atoms with Gasteiger partial charge in [-0.05, 0) is 106 Å². The largest absolute Gasteiger partial charge is 0.364 e. The molecule has 1 amide bonds. The number of amides is 1. The zero-order valence-electron chi connectivity index (χ0n) is 19.1. The van der Waals surface area contributed by atoms with Gasteiger partial charge in [0.2, 0.25) is 0 Å². The summed E-state index contributed by atoms with van der Waals surface area (Å²) < 4.78 is 13.1. The maximum absolute atomic E-state index is 13.1. The van der Waals surface area contributed by atoms with E-state index in [1.165, 1.54) is 35.5 Å². The average Bonchev–Trinajstić information content (AvgIpc) is 2.67. The number of rotatable bonds is 4. The second-order valence-electron chi connectivity index (χ2n) is 9.28. The van der Waals surface area contributed by atoms with Gasteiger partial charge >= 0.3 is 0 Å². The first kappa shape index (κ1) is 22.6. The third-order valence-corrected chi connectivity index (χ3v) is 5.95. The van der Waals surface area contributed by atoms with Crippen molar-refractivity contribution in [3.05, 3.63) is 64.5 Å². The summed E-state index contributed by atoms with van der Waals surface area (Å²) >= 11 is 0. The Hall–Kier alpha value is -3.13. The Morgan fingerprint density at radius 2 is 1.94 bits per heavy atom. The summed E-state index contributed by atoms with van der Waals surface area (Å²) in [4.78, 5) is 15.1. The first-order valence-corrected chi connectivity index (χ1v) is 10.7. The number of nitrogens with one attached hydrogen (secondary N) is 1. The monoisotopic (exact) mass is 419 g/mol. The number of hydrogen-bond acceptors (Lipinski definition) is 3. The van der Waals surface area contributed by atoms with E-state index in [1.54, 1.807) is 6.08 Å². The SMILES string of the molecule is Cc1cc2c(cc1/C=C(/C#N)C(=O)Nc1ccc(F)cc1)C(C)CC(C)(C)N2C(C)C. The lowest BCUT2D eigenvalue weighted by atomic mass is 9.78. The van der Waals surface area contributed by atoms with Crippen molar-refractivity contribution in [2.75, 3.05) is 10.2 Å². The molecule has 31 heavy (non-hydrogen) atoms. The first-order valence-electron chi connectivity index (χ1n) is 10.7. The van der Waals surface area contributed by atoms with Crippen LogP contribution in [-0.2, 0) is 4.79 Å². The molecule has 162 valence electrons. The predicted octanol–water partition coefficient (Wildman–Crippen LogP) is 6.18. The van der Waals surface area contributed by atoms with Crippen molar-refractivity contribution < 1.29 is 9.18 Å². The third-order valence-electron chi connectivity index (χ3n) is 5.95. The number of fused-ring (bicyclic) bond motifs is 1. The molecule has 0 spiro atoms. The van der Waals surface area contributed by atoms with Crippen molar-refractivity contribution in [3.63, 3.8) is 0 Å². The molecule has 0 saturated carbocycles. The van der Waals surface area contributed by atoms with Crippen molar-refractivity contribution in [3.8, 4) is 6.07 Å². The Morgan fingerprint density at radius 1 is 1.29 bits per heavy atom. The second-order valence-corrected chi connectivity index (χ2v) is 9.28. The normalized spacial score (nSPS) is 17.8. The number of carbonyl (C=O) groups is 1. The fourth-order valence-corrected chi connectivity index (χ4v) is 4.78. The summed E-state index contributed by atoms with van der Waals surface area (Å²) in [6, 6.07) is 12.1. The van der Waals surface area contributed by atoms with Gasteiger partial charge in [-0.15, -0.1) is 0 Å². The fourth-order valence-electron chi connectivity index (χ4n) is 4.78. The van der Waals surface area contributed by atoms with Gasteiger partial charge in [0.15, 0.2) is 0 Å². The molecule has 2 aromatic rings. The molecule has 1 heterocycles. The maximum Gasteiger partial charge on any atom is 0.266 e. The Labute approximate surface area is 184 Å². The van der Waals surface area contributed by atoms with E-state index in [0.29, 0.717) is 17.6 Å². The van der Waals surface area contributed by atoms with Crippen molar-refractivity contribution in [1.29, 1.82) is 5.26 Å². The van der Waals surface area contributed by atoms with E-state index >= 15 is 0 Å². The highest BCUT2D eigenvalue weighted by atomic mass is 19.1. The Kier molecular flexibility index (Phi) is 6.22. The van der Waals surface area contributed by atoms with Crippen LogP contribution in [0.1, 0.15) is 63.6 Å². The van der Waals surface area contributed by atoms with Crippen molar-refractivity contribution >= 4 is 23.4 Å². The smallest absolute Gasteiger partial charge is 0.266 e. The van der Waals surface area contributed by atoms with E-state index in [1.807, 2.05) is 13.0 Å². The predicted molar refractivity (Wildman–Crippen MR) is 125 cm³/mol. The molecule has 0 aliphatic carbocycles. The molecule has 2 aromatic carbocycles. The second kappa shape index (κ2) is 8.55. The first-order chi connectivity index (χ1) is 14.5. The Balaban J connectivity index is 1.98. The van der Waals surface area contributed by atoms with Gasteiger partial charge in [-0.2, -0.15) is 5.26 Å². The molecule has 1 aliphatic rings. The maximum atomic E-state index is 13.1. The van der Waals surface area contributed by atoms with E-state index in [9.17, 15) is 14.4 Å². The molecule has 5 heteroatoms. The highest BCUT2D eigenvalue weighted by Gasteiger charge is 2.37. The number of hydrogen-bond donors (Lipinski definition) is 1. The van der Waals surface area contributed by atoms with Crippen LogP contribution in [0.5, 0.6) is 0 Å². The van der Waals surface area contributed by atoms with Gasteiger partial charge < -0.3 is 10.2 Å². The molecule has 0 bridgehead atoms. The lowest BCUT2D eigenvalue weighted by molar-refractivity contribution is -0.112. The van der Waals surface area contributed by atoms with Gasteiger partial charge in [-0.3, -0.25) is 4.79 Å². The molecule has 1 aliphatic heterocycles. The number of benzene rings is 2.